The van der Waals surface area contributed by atoms with Gasteiger partial charge >= 0.3 is 5.97 Å². The van der Waals surface area contributed by atoms with Crippen LogP contribution in [0.1, 0.15) is 12.0 Å². The van der Waals surface area contributed by atoms with Gasteiger partial charge in [-0.25, -0.2) is 0 Å². The van der Waals surface area contributed by atoms with E-state index >= 15 is 0 Å². The van der Waals surface area contributed by atoms with Gasteiger partial charge in [0.1, 0.15) is 5.75 Å². The van der Waals surface area contributed by atoms with Gasteiger partial charge in [0.05, 0.1) is 12.1 Å². The summed E-state index contributed by atoms with van der Waals surface area (Å²) in [5.41, 5.74) is 0.992. The molecule has 2 rings (SSSR count). The molecule has 0 heterocycles. The summed E-state index contributed by atoms with van der Waals surface area (Å²) in [7, 11) is 1.58. The van der Waals surface area contributed by atoms with E-state index in [2.05, 4.69) is 0 Å². The van der Waals surface area contributed by atoms with Gasteiger partial charge in [-0.1, -0.05) is 35.9 Å². The lowest BCUT2D eigenvalue weighted by Gasteiger charge is -2.08. The topological polar surface area (TPSA) is 46.5 Å². The molecule has 94 valence electrons. The zero-order valence-corrected chi connectivity index (χ0v) is 10.7. The Morgan fingerprint density at radius 2 is 2.11 bits per heavy atom. The number of halogens is 1. The van der Waals surface area contributed by atoms with E-state index in [1.165, 1.54) is 0 Å². The van der Waals surface area contributed by atoms with Crippen molar-refractivity contribution in [3.05, 3.63) is 40.9 Å². The Hall–Kier alpha value is -1.74. The van der Waals surface area contributed by atoms with Gasteiger partial charge in [0.2, 0.25) is 0 Å². The van der Waals surface area contributed by atoms with E-state index in [0.717, 1.165) is 16.3 Å². The molecule has 0 saturated carbocycles. The van der Waals surface area contributed by atoms with Crippen LogP contribution in [0.5, 0.6) is 5.75 Å². The number of hydrogen-bond donors (Lipinski definition) is 1. The Balaban J connectivity index is 2.38. The predicted octanol–water partition coefficient (Wildman–Crippen LogP) is 3.52. The first-order valence-corrected chi connectivity index (χ1v) is 5.96. The number of carbonyl (C=O) groups is 1. The number of ether oxygens (including phenoxy) is 1. The molecule has 1 N–H and O–H groups in total. The van der Waals surface area contributed by atoms with Crippen molar-refractivity contribution in [3.8, 4) is 5.75 Å². The van der Waals surface area contributed by atoms with Crippen molar-refractivity contribution in [2.75, 3.05) is 7.11 Å². The standard InChI is InChI=1S/C14H13ClO3/c1-18-12-6-4-10-8-9(3-7-13(16)17)2-5-11(10)14(12)15/h2,4-6,8H,3,7H2,1H3,(H,16,17). The molecule has 0 atom stereocenters. The summed E-state index contributed by atoms with van der Waals surface area (Å²) >= 11 is 6.20. The lowest BCUT2D eigenvalue weighted by Crippen LogP contribution is -1.97. The van der Waals surface area contributed by atoms with Crippen molar-refractivity contribution in [2.24, 2.45) is 0 Å². The zero-order valence-electron chi connectivity index (χ0n) is 9.94. The molecule has 2 aromatic rings. The van der Waals surface area contributed by atoms with E-state index in [4.69, 9.17) is 21.4 Å². The smallest absolute Gasteiger partial charge is 0.303 e. The second-order valence-corrected chi connectivity index (χ2v) is 4.41. The maximum atomic E-state index is 10.5. The molecule has 0 fully saturated rings. The summed E-state index contributed by atoms with van der Waals surface area (Å²) in [5, 5.41) is 11.1. The van der Waals surface area contributed by atoms with Crippen LogP contribution >= 0.6 is 11.6 Å². The van der Waals surface area contributed by atoms with E-state index in [1.54, 1.807) is 7.11 Å². The van der Waals surface area contributed by atoms with E-state index in [1.807, 2.05) is 30.3 Å². The van der Waals surface area contributed by atoms with Crippen LogP contribution in [-0.4, -0.2) is 18.2 Å². The minimum absolute atomic E-state index is 0.134. The average molecular weight is 265 g/mol. The minimum atomic E-state index is -0.789. The Morgan fingerprint density at radius 3 is 2.78 bits per heavy atom. The van der Waals surface area contributed by atoms with Gasteiger partial charge in [-0.05, 0) is 23.4 Å². The van der Waals surface area contributed by atoms with Crippen molar-refractivity contribution in [2.45, 2.75) is 12.8 Å². The van der Waals surface area contributed by atoms with Crippen LogP contribution in [0.3, 0.4) is 0 Å². The van der Waals surface area contributed by atoms with Crippen LogP contribution in [0, 0.1) is 0 Å². The molecular weight excluding hydrogens is 252 g/mol. The molecule has 4 heteroatoms. The first-order valence-electron chi connectivity index (χ1n) is 5.58. The van der Waals surface area contributed by atoms with Gasteiger partial charge in [0.15, 0.2) is 0 Å². The van der Waals surface area contributed by atoms with Crippen LogP contribution < -0.4 is 4.74 Å². The molecular formula is C14H13ClO3. The first-order chi connectivity index (χ1) is 8.61. The second kappa shape index (κ2) is 5.27. The highest BCUT2D eigenvalue weighted by molar-refractivity contribution is 6.37. The van der Waals surface area contributed by atoms with Crippen LogP contribution in [0.25, 0.3) is 10.8 Å². The van der Waals surface area contributed by atoms with Crippen LogP contribution in [0.4, 0.5) is 0 Å². The number of aliphatic carboxylic acids is 1. The molecule has 0 amide bonds. The molecule has 0 aliphatic rings. The van der Waals surface area contributed by atoms with Gasteiger partial charge in [-0.15, -0.1) is 0 Å². The van der Waals surface area contributed by atoms with Crippen molar-refractivity contribution in [3.63, 3.8) is 0 Å². The highest BCUT2D eigenvalue weighted by atomic mass is 35.5. The molecule has 0 saturated heterocycles. The van der Waals surface area contributed by atoms with E-state index < -0.39 is 5.97 Å². The lowest BCUT2D eigenvalue weighted by atomic mass is 10.0. The Morgan fingerprint density at radius 1 is 1.33 bits per heavy atom. The quantitative estimate of drug-likeness (QED) is 0.919. The Bertz CT molecular complexity index is 593. The van der Waals surface area contributed by atoms with Gasteiger partial charge in [-0.2, -0.15) is 0 Å². The number of rotatable bonds is 4. The predicted molar refractivity (Wildman–Crippen MR) is 71.5 cm³/mol. The Kier molecular flexibility index (Phi) is 3.72. The largest absolute Gasteiger partial charge is 0.495 e. The fraction of sp³-hybridized carbons (Fsp3) is 0.214. The summed E-state index contributed by atoms with van der Waals surface area (Å²) in [6.07, 6.45) is 0.657. The molecule has 0 spiro atoms. The van der Waals surface area contributed by atoms with Crippen molar-refractivity contribution in [1.29, 1.82) is 0 Å². The first kappa shape index (κ1) is 12.7. The SMILES string of the molecule is COc1ccc2cc(CCC(=O)O)ccc2c1Cl. The fourth-order valence-corrected chi connectivity index (χ4v) is 2.20. The highest BCUT2D eigenvalue weighted by Gasteiger charge is 2.07. The van der Waals surface area contributed by atoms with Crippen LogP contribution in [-0.2, 0) is 11.2 Å². The van der Waals surface area contributed by atoms with Crippen molar-refractivity contribution < 1.29 is 14.6 Å². The molecule has 0 unspecified atom stereocenters. The summed E-state index contributed by atoms with van der Waals surface area (Å²) in [4.78, 5) is 10.5. The molecule has 18 heavy (non-hydrogen) atoms. The average Bonchev–Trinajstić information content (AvgIpc) is 2.37. The highest BCUT2D eigenvalue weighted by Crippen LogP contribution is 2.33. The molecule has 0 aliphatic heterocycles. The maximum Gasteiger partial charge on any atom is 0.303 e. The lowest BCUT2D eigenvalue weighted by molar-refractivity contribution is -0.136. The summed E-state index contributed by atoms with van der Waals surface area (Å²) in [6.45, 7) is 0. The van der Waals surface area contributed by atoms with Gasteiger partial charge in [-0.3, -0.25) is 4.79 Å². The van der Waals surface area contributed by atoms with Crippen LogP contribution in [0.2, 0.25) is 5.02 Å². The number of methoxy groups -OCH3 is 1. The summed E-state index contributed by atoms with van der Waals surface area (Å²) in [5.74, 6) is -0.148. The van der Waals surface area contributed by atoms with E-state index in [-0.39, 0.29) is 6.42 Å². The van der Waals surface area contributed by atoms with Gasteiger partial charge < -0.3 is 9.84 Å². The molecule has 0 bridgehead atoms. The Labute approximate surface area is 110 Å². The van der Waals surface area contributed by atoms with Gasteiger partial charge in [0, 0.05) is 11.8 Å². The maximum absolute atomic E-state index is 10.5. The minimum Gasteiger partial charge on any atom is -0.495 e. The van der Waals surface area contributed by atoms with E-state index in [0.29, 0.717) is 17.2 Å². The molecule has 0 aliphatic carbocycles. The van der Waals surface area contributed by atoms with Crippen LogP contribution in [0.15, 0.2) is 30.3 Å². The molecule has 2 aromatic carbocycles. The third-order valence-electron chi connectivity index (χ3n) is 2.83. The van der Waals surface area contributed by atoms with Gasteiger partial charge in [0.25, 0.3) is 0 Å². The summed E-state index contributed by atoms with van der Waals surface area (Å²) in [6, 6.07) is 9.49. The van der Waals surface area contributed by atoms with Crippen molar-refractivity contribution in [1.82, 2.24) is 0 Å². The number of aryl methyl sites for hydroxylation is 1. The van der Waals surface area contributed by atoms with E-state index in [9.17, 15) is 4.79 Å². The number of fused-ring (bicyclic) bond motifs is 1. The zero-order chi connectivity index (χ0) is 13.1. The third kappa shape index (κ3) is 2.57. The normalized spacial score (nSPS) is 10.6. The second-order valence-electron chi connectivity index (χ2n) is 4.03. The molecule has 0 aromatic heterocycles. The fourth-order valence-electron chi connectivity index (χ4n) is 1.89. The molecule has 0 radical (unpaired) electrons. The molecule has 3 nitrogen and oxygen atoms in total. The number of carboxylic acid groups (broad SMARTS) is 1. The number of hydrogen-bond acceptors (Lipinski definition) is 2. The monoisotopic (exact) mass is 264 g/mol. The third-order valence-corrected chi connectivity index (χ3v) is 3.22. The van der Waals surface area contributed by atoms with Crippen molar-refractivity contribution >= 4 is 28.3 Å². The summed E-state index contributed by atoms with van der Waals surface area (Å²) < 4.78 is 5.15. The number of benzene rings is 2. The number of carboxylic acids is 1.